The van der Waals surface area contributed by atoms with Crippen LogP contribution < -0.4 is 5.73 Å². The van der Waals surface area contributed by atoms with Crippen molar-refractivity contribution in [1.29, 1.82) is 0 Å². The molecule has 0 fully saturated rings. The van der Waals surface area contributed by atoms with Crippen LogP contribution in [0.25, 0.3) is 0 Å². The largest absolute Gasteiger partial charge is 0.337 e. The van der Waals surface area contributed by atoms with Gasteiger partial charge in [-0.3, -0.25) is 0 Å². The number of aryl methyl sites for hydroxylation is 1. The maximum absolute atomic E-state index is 11.9. The summed E-state index contributed by atoms with van der Waals surface area (Å²) in [5.74, 6) is 0.704. The lowest BCUT2D eigenvalue weighted by molar-refractivity contribution is 0.443. The zero-order chi connectivity index (χ0) is 12.3. The molecule has 0 spiro atoms. The molecule has 2 N–H and O–H groups in total. The van der Waals surface area contributed by atoms with Gasteiger partial charge >= 0.3 is 0 Å². The van der Waals surface area contributed by atoms with Crippen LogP contribution in [-0.4, -0.2) is 41.1 Å². The molecule has 7 heteroatoms. The van der Waals surface area contributed by atoms with E-state index in [1.807, 2.05) is 7.05 Å². The van der Waals surface area contributed by atoms with E-state index >= 15 is 0 Å². The van der Waals surface area contributed by atoms with Gasteiger partial charge in [-0.15, -0.1) is 0 Å². The van der Waals surface area contributed by atoms with E-state index in [0.29, 0.717) is 5.82 Å². The van der Waals surface area contributed by atoms with Gasteiger partial charge < -0.3 is 10.3 Å². The van der Waals surface area contributed by atoms with E-state index in [2.05, 4.69) is 4.98 Å². The Balaban J connectivity index is 2.80. The Bertz CT molecular complexity index is 440. The highest BCUT2D eigenvalue weighted by Gasteiger charge is 2.25. The monoisotopic (exact) mass is 246 g/mol. The topological polar surface area (TPSA) is 81.2 Å². The number of imidazole rings is 1. The van der Waals surface area contributed by atoms with Gasteiger partial charge in [-0.05, 0) is 6.92 Å². The first-order valence-electron chi connectivity index (χ1n) is 5.01. The molecule has 0 aliphatic rings. The minimum absolute atomic E-state index is 0.118. The van der Waals surface area contributed by atoms with Crippen LogP contribution in [0.3, 0.4) is 0 Å². The molecule has 1 aromatic rings. The van der Waals surface area contributed by atoms with Crippen molar-refractivity contribution in [2.45, 2.75) is 18.7 Å². The Labute approximate surface area is 96.1 Å². The second kappa shape index (κ2) is 4.94. The molecule has 1 unspecified atom stereocenters. The molecular formula is C9H18N4O2S. The van der Waals surface area contributed by atoms with Crippen LogP contribution in [0.2, 0.25) is 0 Å². The molecular weight excluding hydrogens is 228 g/mol. The summed E-state index contributed by atoms with van der Waals surface area (Å²) in [5, 5.41) is -0.572. The first-order chi connectivity index (χ1) is 7.39. The number of aromatic nitrogens is 2. The van der Waals surface area contributed by atoms with Crippen LogP contribution in [0.15, 0.2) is 12.4 Å². The first-order valence-corrected chi connectivity index (χ1v) is 6.51. The lowest BCUT2D eigenvalue weighted by atomic mass is 10.5. The third-order valence-corrected chi connectivity index (χ3v) is 4.77. The van der Waals surface area contributed by atoms with E-state index < -0.39 is 15.3 Å². The summed E-state index contributed by atoms with van der Waals surface area (Å²) in [6.07, 6.45) is 3.42. The zero-order valence-corrected chi connectivity index (χ0v) is 10.6. The molecule has 1 heterocycles. The Morgan fingerprint density at radius 1 is 1.62 bits per heavy atom. The van der Waals surface area contributed by atoms with Gasteiger partial charge in [0.05, 0.1) is 11.8 Å². The van der Waals surface area contributed by atoms with Crippen LogP contribution in [0, 0.1) is 0 Å². The van der Waals surface area contributed by atoms with Gasteiger partial charge in [0, 0.05) is 33.0 Å². The van der Waals surface area contributed by atoms with Crippen molar-refractivity contribution >= 4 is 10.0 Å². The molecule has 6 nitrogen and oxygen atoms in total. The molecule has 0 saturated heterocycles. The fraction of sp³-hybridized carbons (Fsp3) is 0.667. The summed E-state index contributed by atoms with van der Waals surface area (Å²) in [6, 6.07) is 0. The van der Waals surface area contributed by atoms with Gasteiger partial charge in [-0.2, -0.15) is 4.31 Å². The molecule has 0 aliphatic carbocycles. The van der Waals surface area contributed by atoms with Crippen molar-refractivity contribution in [2.24, 2.45) is 12.8 Å². The fourth-order valence-corrected chi connectivity index (χ4v) is 2.42. The van der Waals surface area contributed by atoms with Crippen molar-refractivity contribution in [1.82, 2.24) is 13.9 Å². The highest BCUT2D eigenvalue weighted by molar-refractivity contribution is 7.89. The molecule has 1 rings (SSSR count). The van der Waals surface area contributed by atoms with E-state index in [4.69, 9.17) is 5.73 Å². The highest BCUT2D eigenvalue weighted by atomic mass is 32.2. The third-order valence-electron chi connectivity index (χ3n) is 2.56. The van der Waals surface area contributed by atoms with Crippen molar-refractivity contribution in [3.05, 3.63) is 18.2 Å². The van der Waals surface area contributed by atoms with Gasteiger partial charge in [0.15, 0.2) is 0 Å². The lowest BCUT2D eigenvalue weighted by Gasteiger charge is -2.20. The van der Waals surface area contributed by atoms with E-state index in [1.165, 1.54) is 11.4 Å². The molecule has 0 aliphatic heterocycles. The average Bonchev–Trinajstić information content (AvgIpc) is 2.63. The fourth-order valence-electron chi connectivity index (χ4n) is 1.27. The number of nitrogens with two attached hydrogens (primary N) is 1. The normalized spacial score (nSPS) is 14.3. The number of rotatable bonds is 5. The smallest absolute Gasteiger partial charge is 0.218 e. The van der Waals surface area contributed by atoms with Crippen molar-refractivity contribution in [3.63, 3.8) is 0 Å². The molecule has 92 valence electrons. The van der Waals surface area contributed by atoms with E-state index in [-0.39, 0.29) is 13.1 Å². The number of nitrogens with zero attached hydrogens (tertiary/aromatic N) is 3. The molecule has 1 aromatic heterocycles. The number of sulfonamides is 1. The summed E-state index contributed by atoms with van der Waals surface area (Å²) < 4.78 is 26.9. The summed E-state index contributed by atoms with van der Waals surface area (Å²) in [7, 11) is 0.0395. The zero-order valence-electron chi connectivity index (χ0n) is 9.79. The van der Waals surface area contributed by atoms with Gasteiger partial charge in [0.2, 0.25) is 10.0 Å². The minimum Gasteiger partial charge on any atom is -0.337 e. The van der Waals surface area contributed by atoms with Crippen LogP contribution >= 0.6 is 0 Å². The molecule has 0 saturated carbocycles. The highest BCUT2D eigenvalue weighted by Crippen LogP contribution is 2.09. The Kier molecular flexibility index (Phi) is 4.06. The maximum Gasteiger partial charge on any atom is 0.218 e. The summed E-state index contributed by atoms with van der Waals surface area (Å²) >= 11 is 0. The quantitative estimate of drug-likeness (QED) is 0.761. The minimum atomic E-state index is -3.33. The standard InChI is InChI=1S/C9H18N4O2S/c1-8(6-10)16(14,15)13(3)7-9-11-4-5-12(9)2/h4-5,8H,6-7,10H2,1-3H3. The van der Waals surface area contributed by atoms with Crippen molar-refractivity contribution < 1.29 is 8.42 Å². The van der Waals surface area contributed by atoms with Gasteiger partial charge in [0.1, 0.15) is 5.82 Å². The molecule has 0 radical (unpaired) electrons. The third kappa shape index (κ3) is 2.60. The van der Waals surface area contributed by atoms with E-state index in [1.54, 1.807) is 23.9 Å². The van der Waals surface area contributed by atoms with Crippen LogP contribution in [0.4, 0.5) is 0 Å². The van der Waals surface area contributed by atoms with Crippen molar-refractivity contribution in [3.8, 4) is 0 Å². The van der Waals surface area contributed by atoms with Gasteiger partial charge in [-0.1, -0.05) is 0 Å². The molecule has 0 aromatic carbocycles. The van der Waals surface area contributed by atoms with Crippen LogP contribution in [0.1, 0.15) is 12.7 Å². The SMILES string of the molecule is CC(CN)S(=O)(=O)N(C)Cc1nccn1C. The molecule has 0 amide bonds. The predicted octanol–water partition coefficient (Wildman–Crippen LogP) is -0.471. The molecule has 0 bridgehead atoms. The Hall–Kier alpha value is -0.920. The molecule has 1 atom stereocenters. The second-order valence-electron chi connectivity index (χ2n) is 3.80. The number of hydrogen-bond donors (Lipinski definition) is 1. The summed E-state index contributed by atoms with van der Waals surface area (Å²) in [6.45, 7) is 1.98. The maximum atomic E-state index is 11.9. The summed E-state index contributed by atoms with van der Waals surface area (Å²) in [5.41, 5.74) is 5.37. The predicted molar refractivity (Wildman–Crippen MR) is 62.1 cm³/mol. The van der Waals surface area contributed by atoms with Crippen LogP contribution in [-0.2, 0) is 23.6 Å². The number of hydrogen-bond acceptors (Lipinski definition) is 4. The lowest BCUT2D eigenvalue weighted by Crippen LogP contribution is -2.38. The second-order valence-corrected chi connectivity index (χ2v) is 6.26. The van der Waals surface area contributed by atoms with Gasteiger partial charge in [-0.25, -0.2) is 13.4 Å². The molecule has 16 heavy (non-hydrogen) atoms. The van der Waals surface area contributed by atoms with E-state index in [0.717, 1.165) is 0 Å². The Morgan fingerprint density at radius 3 is 2.69 bits per heavy atom. The Morgan fingerprint density at radius 2 is 2.25 bits per heavy atom. The van der Waals surface area contributed by atoms with Crippen LogP contribution in [0.5, 0.6) is 0 Å². The van der Waals surface area contributed by atoms with E-state index in [9.17, 15) is 8.42 Å². The first kappa shape index (κ1) is 13.1. The van der Waals surface area contributed by atoms with Crippen molar-refractivity contribution in [2.75, 3.05) is 13.6 Å². The van der Waals surface area contributed by atoms with Gasteiger partial charge in [0.25, 0.3) is 0 Å². The summed E-state index contributed by atoms with van der Waals surface area (Å²) in [4.78, 5) is 4.08. The average molecular weight is 246 g/mol.